The molecule has 0 radical (unpaired) electrons. The van der Waals surface area contributed by atoms with Gasteiger partial charge in [0.1, 0.15) is 0 Å². The highest BCUT2D eigenvalue weighted by Gasteiger charge is 2.24. The number of anilines is 1. The molecule has 1 aromatic rings. The second-order valence-electron chi connectivity index (χ2n) is 5.26. The molecule has 0 bridgehead atoms. The summed E-state index contributed by atoms with van der Waals surface area (Å²) in [5, 5.41) is 3.02. The van der Waals surface area contributed by atoms with Gasteiger partial charge in [0.2, 0.25) is 5.91 Å². The minimum atomic E-state index is 0.134. The standard InChI is InChI=1S/C15H23N3O/c1-12-3-2-4-14(11-12)17-15(19)13-5-8-18(9-6-13)10-7-16/h2-4,11,13H,5-10,16H2,1H3,(H,17,19). The van der Waals surface area contributed by atoms with Crippen molar-refractivity contribution in [1.82, 2.24) is 4.90 Å². The molecule has 19 heavy (non-hydrogen) atoms. The number of amides is 1. The number of nitrogens with two attached hydrogens (primary N) is 1. The Balaban J connectivity index is 1.84. The van der Waals surface area contributed by atoms with E-state index in [2.05, 4.69) is 10.2 Å². The monoisotopic (exact) mass is 261 g/mol. The molecule has 0 aliphatic carbocycles. The van der Waals surface area contributed by atoms with E-state index in [4.69, 9.17) is 5.73 Å². The van der Waals surface area contributed by atoms with Crippen LogP contribution in [0.4, 0.5) is 5.69 Å². The molecule has 1 saturated heterocycles. The molecule has 1 aliphatic rings. The van der Waals surface area contributed by atoms with Crippen molar-refractivity contribution in [1.29, 1.82) is 0 Å². The molecule has 1 aromatic carbocycles. The number of piperidine rings is 1. The van der Waals surface area contributed by atoms with E-state index in [-0.39, 0.29) is 11.8 Å². The lowest BCUT2D eigenvalue weighted by atomic mass is 9.96. The third kappa shape index (κ3) is 4.04. The van der Waals surface area contributed by atoms with Gasteiger partial charge in [-0.05, 0) is 50.6 Å². The lowest BCUT2D eigenvalue weighted by molar-refractivity contribution is -0.121. The molecule has 1 fully saturated rings. The van der Waals surface area contributed by atoms with E-state index in [0.717, 1.165) is 43.7 Å². The first-order valence-electron chi connectivity index (χ1n) is 6.99. The van der Waals surface area contributed by atoms with Gasteiger partial charge in [0.05, 0.1) is 0 Å². The van der Waals surface area contributed by atoms with Crippen LogP contribution in [0.2, 0.25) is 0 Å². The quantitative estimate of drug-likeness (QED) is 0.865. The second kappa shape index (κ2) is 6.68. The Kier molecular flexibility index (Phi) is 4.93. The molecule has 3 N–H and O–H groups in total. The fourth-order valence-electron chi connectivity index (χ4n) is 2.57. The molecule has 4 nitrogen and oxygen atoms in total. The highest BCUT2D eigenvalue weighted by Crippen LogP contribution is 2.19. The van der Waals surface area contributed by atoms with Gasteiger partial charge in [-0.1, -0.05) is 12.1 Å². The Morgan fingerprint density at radius 2 is 2.16 bits per heavy atom. The summed E-state index contributed by atoms with van der Waals surface area (Å²) in [4.78, 5) is 14.5. The topological polar surface area (TPSA) is 58.4 Å². The van der Waals surface area contributed by atoms with E-state index in [1.165, 1.54) is 0 Å². The maximum absolute atomic E-state index is 12.2. The molecule has 1 amide bonds. The van der Waals surface area contributed by atoms with Crippen LogP contribution in [-0.4, -0.2) is 37.0 Å². The summed E-state index contributed by atoms with van der Waals surface area (Å²) in [7, 11) is 0. The zero-order valence-corrected chi connectivity index (χ0v) is 11.6. The molecule has 2 rings (SSSR count). The number of carbonyl (C=O) groups excluding carboxylic acids is 1. The summed E-state index contributed by atoms with van der Waals surface area (Å²) in [6, 6.07) is 7.94. The zero-order valence-electron chi connectivity index (χ0n) is 11.6. The molecule has 4 heteroatoms. The minimum absolute atomic E-state index is 0.134. The molecule has 104 valence electrons. The number of hydrogen-bond acceptors (Lipinski definition) is 3. The minimum Gasteiger partial charge on any atom is -0.329 e. The van der Waals surface area contributed by atoms with Crippen molar-refractivity contribution in [2.75, 3.05) is 31.5 Å². The fourth-order valence-corrected chi connectivity index (χ4v) is 2.57. The summed E-state index contributed by atoms with van der Waals surface area (Å²) >= 11 is 0. The average Bonchev–Trinajstić information content (AvgIpc) is 2.40. The fraction of sp³-hybridized carbons (Fsp3) is 0.533. The number of aryl methyl sites for hydroxylation is 1. The van der Waals surface area contributed by atoms with E-state index in [0.29, 0.717) is 6.54 Å². The lowest BCUT2D eigenvalue weighted by Gasteiger charge is -2.30. The third-order valence-electron chi connectivity index (χ3n) is 3.69. The summed E-state index contributed by atoms with van der Waals surface area (Å²) in [6.45, 7) is 5.61. The van der Waals surface area contributed by atoms with Crippen molar-refractivity contribution in [2.24, 2.45) is 11.7 Å². The SMILES string of the molecule is Cc1cccc(NC(=O)C2CCN(CCN)CC2)c1. The zero-order chi connectivity index (χ0) is 13.7. The van der Waals surface area contributed by atoms with E-state index in [1.54, 1.807) is 0 Å². The van der Waals surface area contributed by atoms with E-state index in [9.17, 15) is 4.79 Å². The van der Waals surface area contributed by atoms with Crippen LogP contribution < -0.4 is 11.1 Å². The highest BCUT2D eigenvalue weighted by molar-refractivity contribution is 5.92. The molecule has 0 unspecified atom stereocenters. The predicted octanol–water partition coefficient (Wildman–Crippen LogP) is 1.60. The number of nitrogens with one attached hydrogen (secondary N) is 1. The molecule has 0 atom stereocenters. The van der Waals surface area contributed by atoms with Gasteiger partial charge in [-0.25, -0.2) is 0 Å². The van der Waals surface area contributed by atoms with Crippen molar-refractivity contribution >= 4 is 11.6 Å². The van der Waals surface area contributed by atoms with Crippen molar-refractivity contribution in [3.63, 3.8) is 0 Å². The first kappa shape index (κ1) is 14.0. The third-order valence-corrected chi connectivity index (χ3v) is 3.69. The van der Waals surface area contributed by atoms with Gasteiger partial charge in [-0.15, -0.1) is 0 Å². The van der Waals surface area contributed by atoms with Gasteiger partial charge >= 0.3 is 0 Å². The van der Waals surface area contributed by atoms with Gasteiger partial charge in [0, 0.05) is 24.7 Å². The van der Waals surface area contributed by atoms with E-state index in [1.807, 2.05) is 31.2 Å². The molecule has 0 saturated carbocycles. The van der Waals surface area contributed by atoms with Gasteiger partial charge < -0.3 is 16.0 Å². The smallest absolute Gasteiger partial charge is 0.227 e. The average molecular weight is 261 g/mol. The normalized spacial score (nSPS) is 17.4. The van der Waals surface area contributed by atoms with Crippen molar-refractivity contribution in [2.45, 2.75) is 19.8 Å². The highest BCUT2D eigenvalue weighted by atomic mass is 16.1. The number of rotatable bonds is 4. The molecule has 1 aliphatic heterocycles. The van der Waals surface area contributed by atoms with Crippen LogP contribution in [0.1, 0.15) is 18.4 Å². The van der Waals surface area contributed by atoms with Crippen molar-refractivity contribution in [3.05, 3.63) is 29.8 Å². The molecular weight excluding hydrogens is 238 g/mol. The van der Waals surface area contributed by atoms with Crippen LogP contribution in [0, 0.1) is 12.8 Å². The van der Waals surface area contributed by atoms with Crippen LogP contribution in [0.25, 0.3) is 0 Å². The Morgan fingerprint density at radius 1 is 1.42 bits per heavy atom. The first-order chi connectivity index (χ1) is 9.19. The van der Waals surface area contributed by atoms with E-state index < -0.39 is 0 Å². The lowest BCUT2D eigenvalue weighted by Crippen LogP contribution is -2.40. The van der Waals surface area contributed by atoms with Crippen LogP contribution in [0.3, 0.4) is 0 Å². The first-order valence-corrected chi connectivity index (χ1v) is 6.99. The number of carbonyl (C=O) groups is 1. The summed E-state index contributed by atoms with van der Waals surface area (Å²) < 4.78 is 0. The number of benzene rings is 1. The second-order valence-corrected chi connectivity index (χ2v) is 5.26. The van der Waals surface area contributed by atoms with Crippen molar-refractivity contribution in [3.8, 4) is 0 Å². The summed E-state index contributed by atoms with van der Waals surface area (Å²) in [6.07, 6.45) is 1.86. The Hall–Kier alpha value is -1.39. The van der Waals surface area contributed by atoms with Crippen LogP contribution in [0.5, 0.6) is 0 Å². The summed E-state index contributed by atoms with van der Waals surface area (Å²) in [5.41, 5.74) is 7.61. The van der Waals surface area contributed by atoms with Crippen LogP contribution in [0.15, 0.2) is 24.3 Å². The van der Waals surface area contributed by atoms with Crippen LogP contribution in [-0.2, 0) is 4.79 Å². The number of likely N-dealkylation sites (tertiary alicyclic amines) is 1. The van der Waals surface area contributed by atoms with Gasteiger partial charge in [0.25, 0.3) is 0 Å². The molecular formula is C15H23N3O. The molecule has 0 aromatic heterocycles. The Labute approximate surface area is 115 Å². The number of nitrogens with zero attached hydrogens (tertiary/aromatic N) is 1. The maximum atomic E-state index is 12.2. The maximum Gasteiger partial charge on any atom is 0.227 e. The Bertz CT molecular complexity index is 425. The largest absolute Gasteiger partial charge is 0.329 e. The number of hydrogen-bond donors (Lipinski definition) is 2. The van der Waals surface area contributed by atoms with Crippen LogP contribution >= 0.6 is 0 Å². The predicted molar refractivity (Wildman–Crippen MR) is 78.0 cm³/mol. The van der Waals surface area contributed by atoms with Crippen molar-refractivity contribution < 1.29 is 4.79 Å². The molecule has 0 spiro atoms. The van der Waals surface area contributed by atoms with E-state index >= 15 is 0 Å². The molecule has 1 heterocycles. The Morgan fingerprint density at radius 3 is 2.79 bits per heavy atom. The summed E-state index contributed by atoms with van der Waals surface area (Å²) in [5.74, 6) is 0.285. The van der Waals surface area contributed by atoms with Gasteiger partial charge in [-0.2, -0.15) is 0 Å². The van der Waals surface area contributed by atoms with Gasteiger partial charge in [0.15, 0.2) is 0 Å². The van der Waals surface area contributed by atoms with Gasteiger partial charge in [-0.3, -0.25) is 4.79 Å².